The van der Waals surface area contributed by atoms with Gasteiger partial charge in [-0.05, 0) is 47.4 Å². The Bertz CT molecular complexity index is 1180. The number of nitrogens with zero attached hydrogens (tertiary/aromatic N) is 1. The second kappa shape index (κ2) is 11.3. The molecule has 0 bridgehead atoms. The maximum absolute atomic E-state index is 13.7. The van der Waals surface area contributed by atoms with Crippen LogP contribution in [-0.2, 0) is 14.1 Å². The van der Waals surface area contributed by atoms with Crippen LogP contribution in [0, 0.1) is 5.82 Å². The lowest BCUT2D eigenvalue weighted by molar-refractivity contribution is -0.140. The molecule has 178 valence electrons. The van der Waals surface area contributed by atoms with Crippen molar-refractivity contribution < 1.29 is 28.5 Å². The quantitative estimate of drug-likeness (QED) is 0.233. The molecule has 34 heavy (non-hydrogen) atoms. The summed E-state index contributed by atoms with van der Waals surface area (Å²) in [5.41, 5.74) is 2.08. The Morgan fingerprint density at radius 2 is 1.79 bits per heavy atom. The number of halogens is 1. The summed E-state index contributed by atoms with van der Waals surface area (Å²) >= 11 is 0. The van der Waals surface area contributed by atoms with Crippen molar-refractivity contribution in [3.63, 3.8) is 0 Å². The van der Waals surface area contributed by atoms with E-state index in [0.29, 0.717) is 28.1 Å². The van der Waals surface area contributed by atoms with Crippen LogP contribution in [-0.4, -0.2) is 27.1 Å². The average Bonchev–Trinajstić information content (AvgIpc) is 2.80. The van der Waals surface area contributed by atoms with Crippen LogP contribution in [0.4, 0.5) is 4.39 Å². The van der Waals surface area contributed by atoms with Gasteiger partial charge >= 0.3 is 5.97 Å². The minimum absolute atomic E-state index is 0.115. The van der Waals surface area contributed by atoms with Crippen molar-refractivity contribution in [2.24, 2.45) is 0 Å². The minimum Gasteiger partial charge on any atom is -0.435 e. The number of aliphatic hydroxyl groups is 1. The van der Waals surface area contributed by atoms with Crippen LogP contribution in [0.15, 0.2) is 73.5 Å². The van der Waals surface area contributed by atoms with Crippen molar-refractivity contribution in [2.45, 2.75) is 37.9 Å². The summed E-state index contributed by atoms with van der Waals surface area (Å²) in [4.78, 5) is 27.1. The first-order chi connectivity index (χ1) is 16.2. The molecule has 0 fully saturated rings. The molecule has 0 amide bonds. The van der Waals surface area contributed by atoms with E-state index in [4.69, 9.17) is 9.72 Å². The van der Waals surface area contributed by atoms with Crippen molar-refractivity contribution in [3.8, 4) is 22.5 Å². The van der Waals surface area contributed by atoms with Crippen molar-refractivity contribution >= 4 is 14.0 Å². The molecule has 3 aromatic rings. The molecule has 0 radical (unpaired) electrons. The zero-order valence-corrected chi connectivity index (χ0v) is 19.9. The fourth-order valence-electron chi connectivity index (χ4n) is 3.87. The van der Waals surface area contributed by atoms with E-state index in [1.165, 1.54) is 24.3 Å². The number of rotatable bonds is 9. The van der Waals surface area contributed by atoms with Crippen LogP contribution in [0.25, 0.3) is 22.5 Å². The fourth-order valence-corrected chi connectivity index (χ4v) is 4.87. The molecule has 0 saturated carbocycles. The predicted octanol–water partition coefficient (Wildman–Crippen LogP) is 5.62. The average molecular weight is 483 g/mol. The van der Waals surface area contributed by atoms with Crippen molar-refractivity contribution in [2.75, 3.05) is 0 Å². The standard InChI is InChI=1S/C26H27FNO5P/c1-4-33-23(30)15-22(29)26(34(31)32)24-20(16(2)3)14-21(17-8-6-5-7-9-17)28-25(24)18-10-12-19(27)13-11-18/h4-14,16,22,26,29,34H,1,15H2,2-3H3,(H,31,32). The van der Waals surface area contributed by atoms with Gasteiger partial charge in [0.2, 0.25) is 0 Å². The molecule has 1 aromatic heterocycles. The number of pyridine rings is 1. The van der Waals surface area contributed by atoms with Gasteiger partial charge in [-0.25, -0.2) is 9.37 Å². The van der Waals surface area contributed by atoms with Crippen molar-refractivity contribution in [1.29, 1.82) is 0 Å². The first kappa shape index (κ1) is 25.5. The lowest BCUT2D eigenvalue weighted by Crippen LogP contribution is -2.23. The zero-order chi connectivity index (χ0) is 24.8. The maximum Gasteiger partial charge on any atom is 0.313 e. The smallest absolute Gasteiger partial charge is 0.313 e. The van der Waals surface area contributed by atoms with Crippen LogP contribution in [0.5, 0.6) is 0 Å². The van der Waals surface area contributed by atoms with Gasteiger partial charge in [0.25, 0.3) is 0 Å². The van der Waals surface area contributed by atoms with Crippen molar-refractivity contribution in [3.05, 3.63) is 90.4 Å². The molecule has 8 heteroatoms. The summed E-state index contributed by atoms with van der Waals surface area (Å²) < 4.78 is 31.0. The van der Waals surface area contributed by atoms with Gasteiger partial charge in [0.05, 0.1) is 35.8 Å². The second-order valence-electron chi connectivity index (χ2n) is 8.13. The van der Waals surface area contributed by atoms with E-state index >= 15 is 0 Å². The van der Waals surface area contributed by atoms with Crippen LogP contribution in [0.1, 0.15) is 43.0 Å². The third kappa shape index (κ3) is 5.86. The molecule has 3 rings (SSSR count). The second-order valence-corrected chi connectivity index (χ2v) is 9.43. The van der Waals surface area contributed by atoms with Crippen LogP contribution in [0.3, 0.4) is 0 Å². The zero-order valence-electron chi connectivity index (χ0n) is 18.9. The van der Waals surface area contributed by atoms with E-state index in [2.05, 4.69) is 6.58 Å². The molecule has 1 heterocycles. The molecule has 3 unspecified atom stereocenters. The van der Waals surface area contributed by atoms with Gasteiger partial charge in [-0.3, -0.25) is 9.36 Å². The lowest BCUT2D eigenvalue weighted by atomic mass is 9.88. The number of carbonyl (C=O) groups is 1. The Balaban J connectivity index is 2.30. The van der Waals surface area contributed by atoms with Gasteiger partial charge < -0.3 is 14.7 Å². The third-order valence-electron chi connectivity index (χ3n) is 5.45. The van der Waals surface area contributed by atoms with Crippen LogP contribution < -0.4 is 0 Å². The monoisotopic (exact) mass is 483 g/mol. The summed E-state index contributed by atoms with van der Waals surface area (Å²) in [7, 11) is -3.40. The van der Waals surface area contributed by atoms with Gasteiger partial charge in [0, 0.05) is 11.1 Å². The van der Waals surface area contributed by atoms with E-state index in [0.717, 1.165) is 11.8 Å². The Hall–Kier alpha value is -3.12. The number of aliphatic hydroxyl groups excluding tert-OH is 1. The summed E-state index contributed by atoms with van der Waals surface area (Å²) in [6, 6.07) is 16.9. The van der Waals surface area contributed by atoms with E-state index < -0.39 is 38.0 Å². The highest BCUT2D eigenvalue weighted by molar-refractivity contribution is 7.38. The van der Waals surface area contributed by atoms with Gasteiger partial charge in [0.15, 0.2) is 8.03 Å². The molecule has 0 spiro atoms. The van der Waals surface area contributed by atoms with Gasteiger partial charge in [-0.15, -0.1) is 0 Å². The maximum atomic E-state index is 13.7. The summed E-state index contributed by atoms with van der Waals surface area (Å²) in [5, 5.41) is 10.9. The number of hydrogen-bond donors (Lipinski definition) is 2. The SMILES string of the molecule is C=COC(=O)CC(O)C(c1c(C(C)C)cc(-c2ccccc2)nc1-c1ccc(F)cc1)[PH](=O)O. The number of benzene rings is 2. The normalized spacial score (nSPS) is 13.8. The van der Waals surface area contributed by atoms with E-state index in [-0.39, 0.29) is 5.92 Å². The van der Waals surface area contributed by atoms with Gasteiger partial charge in [-0.2, -0.15) is 0 Å². The van der Waals surface area contributed by atoms with Crippen LogP contribution in [0.2, 0.25) is 0 Å². The topological polar surface area (TPSA) is 96.7 Å². The highest BCUT2D eigenvalue weighted by Crippen LogP contribution is 2.48. The fraction of sp³-hybridized carbons (Fsp3) is 0.231. The molecule has 0 aliphatic rings. The Morgan fingerprint density at radius 1 is 1.15 bits per heavy atom. The Morgan fingerprint density at radius 3 is 2.35 bits per heavy atom. The Labute approximate surface area is 198 Å². The summed E-state index contributed by atoms with van der Waals surface area (Å²) in [6.07, 6.45) is -1.08. The minimum atomic E-state index is -3.40. The molecule has 0 aliphatic heterocycles. The molecule has 2 N–H and O–H groups in total. The first-order valence-corrected chi connectivity index (χ1v) is 12.2. The molecule has 0 saturated heterocycles. The number of ether oxygens (including phenoxy) is 1. The molecule has 2 aromatic carbocycles. The van der Waals surface area contributed by atoms with Crippen molar-refractivity contribution in [1.82, 2.24) is 4.98 Å². The van der Waals surface area contributed by atoms with Gasteiger partial charge in [0.1, 0.15) is 5.82 Å². The van der Waals surface area contributed by atoms with E-state index in [1.54, 1.807) is 0 Å². The number of esters is 1. The number of aromatic nitrogens is 1. The lowest BCUT2D eigenvalue weighted by Gasteiger charge is -2.27. The molecule has 3 atom stereocenters. The predicted molar refractivity (Wildman–Crippen MR) is 130 cm³/mol. The van der Waals surface area contributed by atoms with E-state index in [1.807, 2.05) is 50.2 Å². The molecular formula is C26H27FNO5P. The largest absolute Gasteiger partial charge is 0.435 e. The van der Waals surface area contributed by atoms with E-state index in [9.17, 15) is 23.7 Å². The molecule has 0 aliphatic carbocycles. The molecule has 6 nitrogen and oxygen atoms in total. The summed E-state index contributed by atoms with van der Waals surface area (Å²) in [5.74, 6) is -1.33. The molecular weight excluding hydrogens is 456 g/mol. The third-order valence-corrected chi connectivity index (χ3v) is 6.66. The van der Waals surface area contributed by atoms with Gasteiger partial charge in [-0.1, -0.05) is 50.8 Å². The number of hydrogen-bond acceptors (Lipinski definition) is 5. The van der Waals surface area contributed by atoms with Crippen LogP contribution >= 0.6 is 8.03 Å². The Kier molecular flexibility index (Phi) is 8.51. The number of carbonyl (C=O) groups excluding carboxylic acids is 1. The first-order valence-electron chi connectivity index (χ1n) is 10.8. The summed E-state index contributed by atoms with van der Waals surface area (Å²) in [6.45, 7) is 7.16. The highest BCUT2D eigenvalue weighted by Gasteiger charge is 2.34. The highest BCUT2D eigenvalue weighted by atomic mass is 31.1.